The van der Waals surface area contributed by atoms with Crippen molar-refractivity contribution in [1.82, 2.24) is 10.6 Å². The third-order valence-electron chi connectivity index (χ3n) is 3.21. The number of allylic oxidation sites excluding steroid dienone is 1. The molecule has 0 aromatic heterocycles. The van der Waals surface area contributed by atoms with Crippen molar-refractivity contribution >= 4 is 17.4 Å². The minimum absolute atomic E-state index is 0.0397. The Kier molecular flexibility index (Phi) is 4.18. The molecule has 0 saturated carbocycles. The van der Waals surface area contributed by atoms with E-state index in [0.29, 0.717) is 16.8 Å². The highest BCUT2D eigenvalue weighted by molar-refractivity contribution is 5.98. The molecule has 0 aliphatic carbocycles. The molecule has 0 amide bonds. The summed E-state index contributed by atoms with van der Waals surface area (Å²) in [6, 6.07) is 5.21. The zero-order valence-electron chi connectivity index (χ0n) is 12.0. The zero-order valence-corrected chi connectivity index (χ0v) is 12.0. The maximum Gasteiger partial charge on any atom is 0.269 e. The summed E-state index contributed by atoms with van der Waals surface area (Å²) in [6.45, 7) is 3.14. The number of hydrogen-bond donors (Lipinski definition) is 2. The highest BCUT2D eigenvalue weighted by Crippen LogP contribution is 2.31. The minimum atomic E-state index is -0.615. The molecule has 0 saturated heterocycles. The topological polar surface area (TPSA) is 120 Å². The van der Waals surface area contributed by atoms with Crippen molar-refractivity contribution in [2.75, 3.05) is 0 Å². The predicted molar refractivity (Wildman–Crippen MR) is 78.5 cm³/mol. The molecular formula is C14H13N5O3. The van der Waals surface area contributed by atoms with Crippen LogP contribution in [0, 0.1) is 21.6 Å². The molecule has 1 aliphatic rings. The number of nitro benzene ring substituents is 1. The monoisotopic (exact) mass is 299 g/mol. The van der Waals surface area contributed by atoms with Gasteiger partial charge in [0, 0.05) is 23.4 Å². The van der Waals surface area contributed by atoms with Crippen molar-refractivity contribution in [3.05, 3.63) is 51.2 Å². The molecule has 1 heterocycles. The number of hydrogen-bond acceptors (Lipinski definition) is 7. The smallest absolute Gasteiger partial charge is 0.269 e. The van der Waals surface area contributed by atoms with Gasteiger partial charge in [0.05, 0.1) is 4.92 Å². The number of ketones is 1. The lowest BCUT2D eigenvalue weighted by atomic mass is 9.94. The summed E-state index contributed by atoms with van der Waals surface area (Å²) >= 11 is 0. The van der Waals surface area contributed by atoms with Crippen molar-refractivity contribution in [2.45, 2.75) is 19.9 Å². The summed E-state index contributed by atoms with van der Waals surface area (Å²) in [4.78, 5) is 26.4. The van der Waals surface area contributed by atoms with E-state index in [9.17, 15) is 14.9 Å². The number of Topliss-reactive ketones (excluding diaryl/α,β-unsaturated/α-hetero) is 1. The van der Waals surface area contributed by atoms with Gasteiger partial charge in [-0.3, -0.25) is 20.2 Å². The van der Waals surface area contributed by atoms with Crippen LogP contribution in [0.25, 0.3) is 0 Å². The fraction of sp³-hybridized carbons (Fsp3) is 0.214. The lowest BCUT2D eigenvalue weighted by Gasteiger charge is -2.25. The zero-order chi connectivity index (χ0) is 16.3. The number of benzene rings is 1. The number of carbonyl (C=O) groups excluding carboxylic acids is 1. The average molecular weight is 299 g/mol. The summed E-state index contributed by atoms with van der Waals surface area (Å²) in [6.07, 6.45) is 1.76. The van der Waals surface area contributed by atoms with E-state index >= 15 is 0 Å². The van der Waals surface area contributed by atoms with Gasteiger partial charge >= 0.3 is 0 Å². The van der Waals surface area contributed by atoms with Crippen LogP contribution in [0.3, 0.4) is 0 Å². The van der Waals surface area contributed by atoms with E-state index < -0.39 is 11.0 Å². The molecule has 112 valence electrons. The third-order valence-corrected chi connectivity index (χ3v) is 3.21. The maximum absolute atomic E-state index is 11.9. The van der Waals surface area contributed by atoms with Crippen molar-refractivity contribution in [2.24, 2.45) is 4.99 Å². The van der Waals surface area contributed by atoms with E-state index in [-0.39, 0.29) is 17.4 Å². The maximum atomic E-state index is 11.9. The average Bonchev–Trinajstić information content (AvgIpc) is 2.46. The number of guanidine groups is 1. The Balaban J connectivity index is 2.46. The molecule has 0 fully saturated rings. The molecule has 2 N–H and O–H groups in total. The van der Waals surface area contributed by atoms with E-state index in [4.69, 9.17) is 5.26 Å². The Morgan fingerprint density at radius 3 is 2.59 bits per heavy atom. The Morgan fingerprint density at radius 2 is 2.09 bits per heavy atom. The summed E-state index contributed by atoms with van der Waals surface area (Å²) in [5.41, 5.74) is 1.64. The quantitative estimate of drug-likeness (QED) is 0.378. The number of nitrogens with zero attached hydrogens (tertiary/aromatic N) is 3. The van der Waals surface area contributed by atoms with Crippen LogP contribution < -0.4 is 10.6 Å². The van der Waals surface area contributed by atoms with Crippen molar-refractivity contribution in [3.63, 3.8) is 0 Å². The largest absolute Gasteiger partial charge is 0.329 e. The minimum Gasteiger partial charge on any atom is -0.329 e. The Morgan fingerprint density at radius 1 is 1.45 bits per heavy atom. The van der Waals surface area contributed by atoms with Crippen molar-refractivity contribution in [1.29, 1.82) is 5.26 Å². The summed E-state index contributed by atoms with van der Waals surface area (Å²) in [5, 5.41) is 24.6. The van der Waals surface area contributed by atoms with E-state index in [1.54, 1.807) is 25.2 Å². The number of nitriles is 1. The first-order chi connectivity index (χ1) is 10.4. The van der Waals surface area contributed by atoms with Gasteiger partial charge in [-0.1, -0.05) is 0 Å². The number of nitrogens with one attached hydrogen (secondary N) is 2. The molecule has 1 aliphatic heterocycles. The van der Waals surface area contributed by atoms with Crippen LogP contribution in [0.15, 0.2) is 40.5 Å². The van der Waals surface area contributed by atoms with Crippen LogP contribution in [-0.4, -0.2) is 16.7 Å². The van der Waals surface area contributed by atoms with E-state index in [2.05, 4.69) is 15.6 Å². The molecular weight excluding hydrogens is 286 g/mol. The SMILES string of the molecule is CC(=O)C1=C(C)NC(NC#N)=NC1c1ccc([N+](=O)[O-])cc1. The van der Waals surface area contributed by atoms with Gasteiger partial charge in [0.2, 0.25) is 5.96 Å². The van der Waals surface area contributed by atoms with Gasteiger partial charge in [-0.05, 0) is 31.5 Å². The predicted octanol–water partition coefficient (Wildman–Crippen LogP) is 1.53. The first-order valence-electron chi connectivity index (χ1n) is 6.40. The highest BCUT2D eigenvalue weighted by Gasteiger charge is 2.27. The van der Waals surface area contributed by atoms with Gasteiger partial charge in [0.25, 0.3) is 5.69 Å². The summed E-state index contributed by atoms with van der Waals surface area (Å²) in [7, 11) is 0. The third kappa shape index (κ3) is 2.93. The summed E-state index contributed by atoms with van der Waals surface area (Å²) < 4.78 is 0. The first kappa shape index (κ1) is 15.2. The highest BCUT2D eigenvalue weighted by atomic mass is 16.6. The van der Waals surface area contributed by atoms with E-state index in [0.717, 1.165) is 0 Å². The molecule has 8 nitrogen and oxygen atoms in total. The number of aliphatic imine (C=N–C) groups is 1. The fourth-order valence-corrected chi connectivity index (χ4v) is 2.27. The molecule has 8 heteroatoms. The van der Waals surface area contributed by atoms with Gasteiger partial charge in [0.15, 0.2) is 12.0 Å². The molecule has 2 rings (SSSR count). The van der Waals surface area contributed by atoms with E-state index in [1.807, 2.05) is 0 Å². The second kappa shape index (κ2) is 6.05. The lowest BCUT2D eigenvalue weighted by molar-refractivity contribution is -0.384. The van der Waals surface area contributed by atoms with Crippen LogP contribution in [-0.2, 0) is 4.79 Å². The van der Waals surface area contributed by atoms with Gasteiger partial charge in [-0.2, -0.15) is 5.26 Å². The molecule has 1 aromatic carbocycles. The molecule has 0 bridgehead atoms. The second-order valence-electron chi connectivity index (χ2n) is 4.69. The molecule has 1 aromatic rings. The normalized spacial score (nSPS) is 17.1. The second-order valence-corrected chi connectivity index (χ2v) is 4.69. The van der Waals surface area contributed by atoms with Gasteiger partial charge in [0.1, 0.15) is 6.04 Å². The molecule has 1 unspecified atom stereocenters. The molecule has 22 heavy (non-hydrogen) atoms. The number of carbonyl (C=O) groups is 1. The van der Waals surface area contributed by atoms with Crippen LogP contribution in [0.1, 0.15) is 25.5 Å². The Labute approximate surface area is 126 Å². The standard InChI is InChI=1S/C14H13N5O3/c1-8-12(9(2)20)13(18-14(17-8)16-7-15)10-3-5-11(6-4-10)19(21)22/h3-6,13H,1-2H3,(H2,16,17,18). The fourth-order valence-electron chi connectivity index (χ4n) is 2.27. The molecule has 0 radical (unpaired) electrons. The number of non-ortho nitro benzene ring substituents is 1. The molecule has 0 spiro atoms. The van der Waals surface area contributed by atoms with Crippen molar-refractivity contribution < 1.29 is 9.72 Å². The lowest BCUT2D eigenvalue weighted by Crippen LogP contribution is -2.38. The van der Waals surface area contributed by atoms with Crippen molar-refractivity contribution in [3.8, 4) is 6.19 Å². The Hall–Kier alpha value is -3.21. The Bertz CT molecular complexity index is 728. The van der Waals surface area contributed by atoms with Crippen LogP contribution >= 0.6 is 0 Å². The van der Waals surface area contributed by atoms with Crippen LogP contribution in [0.4, 0.5) is 5.69 Å². The number of nitro groups is 1. The first-order valence-corrected chi connectivity index (χ1v) is 6.40. The van der Waals surface area contributed by atoms with E-state index in [1.165, 1.54) is 19.1 Å². The van der Waals surface area contributed by atoms with Gasteiger partial charge in [-0.15, -0.1) is 0 Å². The van der Waals surface area contributed by atoms with Gasteiger partial charge < -0.3 is 5.32 Å². The van der Waals surface area contributed by atoms with Crippen LogP contribution in [0.2, 0.25) is 0 Å². The van der Waals surface area contributed by atoms with Crippen LogP contribution in [0.5, 0.6) is 0 Å². The molecule has 1 atom stereocenters. The summed E-state index contributed by atoms with van der Waals surface area (Å²) in [5.74, 6) is 0.0708. The number of rotatable bonds is 3. The van der Waals surface area contributed by atoms with Gasteiger partial charge in [-0.25, -0.2) is 4.99 Å².